The largest absolute Gasteiger partial charge is 0.310 e. The van der Waals surface area contributed by atoms with Gasteiger partial charge in [-0.05, 0) is 30.5 Å². The Hall–Kier alpha value is -0.560. The van der Waals surface area contributed by atoms with Crippen molar-refractivity contribution in [3.8, 4) is 0 Å². The summed E-state index contributed by atoms with van der Waals surface area (Å²) in [4.78, 5) is 0.430. The molecule has 2 aliphatic rings. The first-order valence-corrected chi connectivity index (χ1v) is 9.66. The fraction of sp³-hybridized carbons (Fsp3) is 0.571. The molecule has 0 bridgehead atoms. The second-order valence-corrected chi connectivity index (χ2v) is 8.48. The SMILES string of the molecule is O=S(=O)(c1cccc(CNC2CC2)c1)N1CCSCC1. The summed E-state index contributed by atoms with van der Waals surface area (Å²) in [6, 6.07) is 7.98. The van der Waals surface area contributed by atoms with Crippen LogP contribution in [-0.2, 0) is 16.6 Å². The summed E-state index contributed by atoms with van der Waals surface area (Å²) in [5.74, 6) is 1.78. The first-order chi connectivity index (χ1) is 9.66. The molecule has 1 aliphatic heterocycles. The third kappa shape index (κ3) is 3.36. The summed E-state index contributed by atoms with van der Waals surface area (Å²) in [6.07, 6.45) is 2.48. The number of nitrogens with one attached hydrogen (secondary N) is 1. The zero-order valence-corrected chi connectivity index (χ0v) is 13.0. The summed E-state index contributed by atoms with van der Waals surface area (Å²) >= 11 is 1.82. The van der Waals surface area contributed by atoms with Gasteiger partial charge in [-0.2, -0.15) is 16.1 Å². The molecule has 1 heterocycles. The lowest BCUT2D eigenvalue weighted by Gasteiger charge is -2.25. The summed E-state index contributed by atoms with van der Waals surface area (Å²) in [5.41, 5.74) is 1.05. The molecule has 4 nitrogen and oxygen atoms in total. The molecule has 1 aliphatic carbocycles. The molecule has 2 fully saturated rings. The molecule has 1 N–H and O–H groups in total. The van der Waals surface area contributed by atoms with E-state index in [0.717, 1.165) is 23.6 Å². The number of hydrogen-bond acceptors (Lipinski definition) is 4. The molecule has 0 unspecified atom stereocenters. The van der Waals surface area contributed by atoms with E-state index in [1.807, 2.05) is 30.0 Å². The molecular formula is C14H20N2O2S2. The third-order valence-electron chi connectivity index (χ3n) is 3.68. The molecule has 110 valence electrons. The fourth-order valence-corrected chi connectivity index (χ4v) is 4.95. The van der Waals surface area contributed by atoms with Crippen LogP contribution in [0.3, 0.4) is 0 Å². The minimum Gasteiger partial charge on any atom is -0.310 e. The molecule has 1 saturated carbocycles. The minimum atomic E-state index is -3.32. The summed E-state index contributed by atoms with van der Waals surface area (Å²) in [6.45, 7) is 2.00. The van der Waals surface area contributed by atoms with Crippen molar-refractivity contribution in [1.82, 2.24) is 9.62 Å². The smallest absolute Gasteiger partial charge is 0.243 e. The average molecular weight is 312 g/mol. The Morgan fingerprint density at radius 3 is 2.70 bits per heavy atom. The molecule has 0 amide bonds. The van der Waals surface area contributed by atoms with Crippen LogP contribution < -0.4 is 5.32 Å². The van der Waals surface area contributed by atoms with Crippen molar-refractivity contribution in [2.75, 3.05) is 24.6 Å². The molecule has 1 saturated heterocycles. The second-order valence-electron chi connectivity index (χ2n) is 5.32. The molecule has 1 aromatic carbocycles. The van der Waals surface area contributed by atoms with Crippen LogP contribution >= 0.6 is 11.8 Å². The Kier molecular flexibility index (Phi) is 4.35. The predicted molar refractivity (Wildman–Crippen MR) is 82.4 cm³/mol. The monoisotopic (exact) mass is 312 g/mol. The second kappa shape index (κ2) is 6.05. The summed E-state index contributed by atoms with van der Waals surface area (Å²) in [5, 5.41) is 3.42. The maximum atomic E-state index is 12.6. The number of rotatable bonds is 5. The fourth-order valence-electron chi connectivity index (χ4n) is 2.30. The van der Waals surface area contributed by atoms with E-state index in [4.69, 9.17) is 0 Å². The quantitative estimate of drug-likeness (QED) is 0.899. The van der Waals surface area contributed by atoms with Crippen LogP contribution in [0.15, 0.2) is 29.2 Å². The Bertz CT molecular complexity index is 564. The average Bonchev–Trinajstić information content (AvgIpc) is 3.31. The van der Waals surface area contributed by atoms with E-state index in [-0.39, 0.29) is 0 Å². The number of thioether (sulfide) groups is 1. The van der Waals surface area contributed by atoms with E-state index < -0.39 is 10.0 Å². The van der Waals surface area contributed by atoms with Crippen molar-refractivity contribution in [2.45, 2.75) is 30.3 Å². The highest BCUT2D eigenvalue weighted by Crippen LogP contribution is 2.22. The van der Waals surface area contributed by atoms with Gasteiger partial charge < -0.3 is 5.32 Å². The van der Waals surface area contributed by atoms with Gasteiger partial charge in [0, 0.05) is 37.2 Å². The van der Waals surface area contributed by atoms with Crippen LogP contribution in [0.4, 0.5) is 0 Å². The number of hydrogen-bond donors (Lipinski definition) is 1. The van der Waals surface area contributed by atoms with Crippen molar-refractivity contribution >= 4 is 21.8 Å². The number of nitrogens with zero attached hydrogens (tertiary/aromatic N) is 1. The van der Waals surface area contributed by atoms with Crippen molar-refractivity contribution in [1.29, 1.82) is 0 Å². The Balaban J connectivity index is 1.75. The first kappa shape index (κ1) is 14.4. The van der Waals surface area contributed by atoms with Gasteiger partial charge in [-0.3, -0.25) is 0 Å². The van der Waals surface area contributed by atoms with Crippen LogP contribution in [0.2, 0.25) is 0 Å². The van der Waals surface area contributed by atoms with Gasteiger partial charge in [0.05, 0.1) is 4.90 Å². The maximum Gasteiger partial charge on any atom is 0.243 e. The highest BCUT2D eigenvalue weighted by atomic mass is 32.2. The standard InChI is InChI=1S/C14H20N2O2S2/c17-20(18,16-6-8-19-9-7-16)14-3-1-2-12(10-14)11-15-13-4-5-13/h1-3,10,13,15H,4-9,11H2. The van der Waals surface area contributed by atoms with E-state index in [1.165, 1.54) is 12.8 Å². The van der Waals surface area contributed by atoms with Gasteiger partial charge in [0.1, 0.15) is 0 Å². The number of sulfonamides is 1. The zero-order valence-electron chi connectivity index (χ0n) is 11.4. The van der Waals surface area contributed by atoms with Crippen molar-refractivity contribution < 1.29 is 8.42 Å². The van der Waals surface area contributed by atoms with Crippen molar-refractivity contribution in [3.05, 3.63) is 29.8 Å². The van der Waals surface area contributed by atoms with Gasteiger partial charge in [-0.1, -0.05) is 12.1 Å². The first-order valence-electron chi connectivity index (χ1n) is 7.06. The molecule has 6 heteroatoms. The molecule has 0 aromatic heterocycles. The summed E-state index contributed by atoms with van der Waals surface area (Å²) < 4.78 is 26.8. The lowest BCUT2D eigenvalue weighted by molar-refractivity contribution is 0.443. The van der Waals surface area contributed by atoms with Crippen LogP contribution in [0.1, 0.15) is 18.4 Å². The van der Waals surface area contributed by atoms with Gasteiger partial charge in [-0.25, -0.2) is 8.42 Å². The number of benzene rings is 1. The maximum absolute atomic E-state index is 12.6. The van der Waals surface area contributed by atoms with Gasteiger partial charge in [0.2, 0.25) is 10.0 Å². The van der Waals surface area contributed by atoms with E-state index in [0.29, 0.717) is 24.0 Å². The van der Waals surface area contributed by atoms with E-state index in [2.05, 4.69) is 5.32 Å². The molecule has 1 aromatic rings. The molecule has 3 rings (SSSR count). The van der Waals surface area contributed by atoms with Crippen LogP contribution in [-0.4, -0.2) is 43.4 Å². The molecular weight excluding hydrogens is 292 g/mol. The van der Waals surface area contributed by atoms with Crippen molar-refractivity contribution in [3.63, 3.8) is 0 Å². The Labute approximate surface area is 125 Å². The van der Waals surface area contributed by atoms with Gasteiger partial charge in [0.15, 0.2) is 0 Å². The lowest BCUT2D eigenvalue weighted by Crippen LogP contribution is -2.37. The van der Waals surface area contributed by atoms with Gasteiger partial charge in [0.25, 0.3) is 0 Å². The van der Waals surface area contributed by atoms with Crippen LogP contribution in [0.5, 0.6) is 0 Å². The normalized spacial score (nSPS) is 21.0. The lowest BCUT2D eigenvalue weighted by atomic mass is 10.2. The van der Waals surface area contributed by atoms with Crippen molar-refractivity contribution in [2.24, 2.45) is 0 Å². The van der Waals surface area contributed by atoms with Gasteiger partial charge in [-0.15, -0.1) is 0 Å². The molecule has 20 heavy (non-hydrogen) atoms. The molecule has 0 atom stereocenters. The predicted octanol–water partition coefficient (Wildman–Crippen LogP) is 1.68. The minimum absolute atomic E-state index is 0.430. The topological polar surface area (TPSA) is 49.4 Å². The molecule has 0 radical (unpaired) electrons. The van der Waals surface area contributed by atoms with Gasteiger partial charge >= 0.3 is 0 Å². The summed E-state index contributed by atoms with van der Waals surface area (Å²) in [7, 11) is -3.32. The highest BCUT2D eigenvalue weighted by Gasteiger charge is 2.26. The zero-order chi connectivity index (χ0) is 14.0. The van der Waals surface area contributed by atoms with E-state index in [9.17, 15) is 8.42 Å². The van der Waals surface area contributed by atoms with E-state index >= 15 is 0 Å². The Morgan fingerprint density at radius 2 is 2.00 bits per heavy atom. The third-order valence-corrected chi connectivity index (χ3v) is 6.52. The van der Waals surface area contributed by atoms with Crippen LogP contribution in [0.25, 0.3) is 0 Å². The molecule has 0 spiro atoms. The van der Waals surface area contributed by atoms with Crippen LogP contribution in [0, 0.1) is 0 Å². The van der Waals surface area contributed by atoms with E-state index in [1.54, 1.807) is 10.4 Å². The highest BCUT2D eigenvalue weighted by molar-refractivity contribution is 7.99. The Morgan fingerprint density at radius 1 is 1.25 bits per heavy atom.